The SMILES string of the molecule is CC(=O)N[C@H]1[C@H](OC[C@H]2O[C@@H](O[C@@H]([C@H](O)[C@@H](O)CO)[C@H](O)CO)[C@H](O)[C@@H](O[C@@H]3O[C@H](CO)[C@@H](O[C@@H]4O[C@H](CO)[C@H](O)[C@H](O[C@@H]5O[C@H](CO)[C@@H](O[C@@H]6O[C@H](CO)[C@H](O)[C@H](O)[C@H]6O)[C@H](O)[C@H]5NC(C)=O)[C@H]4O)[C@H](O)[C@H]3NC(C)=O)[C@H]2O)O[C@H](CO)[C@@H](O[C@@H]2O[C@H](CO)[C@H](O)[C@H](O)[C@H]2O)[C@@H]1O. The monoisotopic (exact) mass is 1440 g/mol. The van der Waals surface area contributed by atoms with Crippen molar-refractivity contribution in [2.75, 3.05) is 59.5 Å². The molecule has 0 radical (unpaired) electrons. The van der Waals surface area contributed by atoms with Crippen LogP contribution >= 0.6 is 0 Å². The largest absolute Gasteiger partial charge is 0.394 e. The molecule has 7 heterocycles. The first-order valence-corrected chi connectivity index (χ1v) is 31.0. The molecule has 0 aromatic heterocycles. The molecule has 98 heavy (non-hydrogen) atoms. The van der Waals surface area contributed by atoms with E-state index in [2.05, 4.69) is 16.0 Å². The highest BCUT2D eigenvalue weighted by molar-refractivity contribution is 5.74. The van der Waals surface area contributed by atoms with Gasteiger partial charge in [0.25, 0.3) is 0 Å². The Morgan fingerprint density at radius 3 is 0.980 bits per heavy atom. The van der Waals surface area contributed by atoms with Crippen LogP contribution in [0.1, 0.15) is 20.8 Å². The van der Waals surface area contributed by atoms with Crippen molar-refractivity contribution in [3.8, 4) is 0 Å². The Morgan fingerprint density at radius 1 is 0.327 bits per heavy atom. The number of aliphatic hydroxyl groups is 24. The molecule has 27 N–H and O–H groups in total. The van der Waals surface area contributed by atoms with E-state index in [0.717, 1.165) is 20.8 Å². The summed E-state index contributed by atoms with van der Waals surface area (Å²) in [6.07, 6.45) is -72.9. The molecule has 7 rings (SSSR count). The van der Waals surface area contributed by atoms with Gasteiger partial charge in [-0.3, -0.25) is 14.4 Å². The van der Waals surface area contributed by atoms with Crippen LogP contribution < -0.4 is 16.0 Å². The summed E-state index contributed by atoms with van der Waals surface area (Å²) in [7, 11) is 0. The van der Waals surface area contributed by atoms with E-state index in [4.69, 9.17) is 66.3 Å². The van der Waals surface area contributed by atoms with Crippen molar-refractivity contribution in [3.63, 3.8) is 0 Å². The van der Waals surface area contributed by atoms with Gasteiger partial charge >= 0.3 is 0 Å². The number of ether oxygens (including phenoxy) is 14. The molecule has 7 saturated heterocycles. The highest BCUT2D eigenvalue weighted by Gasteiger charge is 2.59. The lowest BCUT2D eigenvalue weighted by Crippen LogP contribution is -2.70. The topological polar surface area (TPSA) is 702 Å². The van der Waals surface area contributed by atoms with E-state index in [-0.39, 0.29) is 0 Å². The van der Waals surface area contributed by atoms with Crippen LogP contribution in [0.3, 0.4) is 0 Å². The Labute approximate surface area is 555 Å². The van der Waals surface area contributed by atoms with E-state index in [0.29, 0.717) is 0 Å². The Hall–Kier alpha value is -3.11. The minimum atomic E-state index is -2.44. The zero-order valence-electron chi connectivity index (χ0n) is 52.6. The van der Waals surface area contributed by atoms with Gasteiger partial charge in [0.1, 0.15) is 195 Å². The number of nitrogens with one attached hydrogen (secondary N) is 3. The van der Waals surface area contributed by atoms with Crippen molar-refractivity contribution in [1.82, 2.24) is 16.0 Å². The smallest absolute Gasteiger partial charge is 0.217 e. The summed E-state index contributed by atoms with van der Waals surface area (Å²) in [6.45, 7) is -6.79. The van der Waals surface area contributed by atoms with Crippen LogP contribution in [-0.4, -0.2) is 439 Å². The number of aliphatic hydroxyl groups excluding tert-OH is 24. The van der Waals surface area contributed by atoms with E-state index in [9.17, 15) is 137 Å². The van der Waals surface area contributed by atoms with Gasteiger partial charge in [0, 0.05) is 20.8 Å². The summed E-state index contributed by atoms with van der Waals surface area (Å²) in [5.74, 6) is -2.73. The first kappa shape index (κ1) is 82.2. The second-order valence-electron chi connectivity index (χ2n) is 24.4. The highest BCUT2D eigenvalue weighted by atomic mass is 16.8. The second kappa shape index (κ2) is 36.5. The first-order chi connectivity index (χ1) is 46.3. The van der Waals surface area contributed by atoms with Crippen LogP contribution in [0.15, 0.2) is 0 Å². The number of hydrogen-bond acceptors (Lipinski definition) is 41. The Kier molecular flexibility index (Phi) is 30.6. The lowest BCUT2D eigenvalue weighted by molar-refractivity contribution is -0.385. The molecule has 570 valence electrons. The zero-order chi connectivity index (χ0) is 72.6. The summed E-state index contributed by atoms with van der Waals surface area (Å²) in [5, 5.41) is 267. The minimum absolute atomic E-state index is 0.868. The van der Waals surface area contributed by atoms with Crippen LogP contribution in [0.2, 0.25) is 0 Å². The van der Waals surface area contributed by atoms with Crippen LogP contribution in [0.4, 0.5) is 0 Å². The van der Waals surface area contributed by atoms with Gasteiger partial charge in [0.15, 0.2) is 44.0 Å². The molecule has 7 aliphatic heterocycles. The lowest BCUT2D eigenvalue weighted by atomic mass is 9.93. The molecule has 44 heteroatoms. The number of carbonyl (C=O) groups is 3. The van der Waals surface area contributed by atoms with E-state index in [1.165, 1.54) is 0 Å². The summed E-state index contributed by atoms with van der Waals surface area (Å²) in [6, 6.07) is -5.57. The molecule has 0 spiro atoms. The molecule has 3 amide bonds. The Balaban J connectivity index is 1.14. The number of amides is 3. The molecule has 0 unspecified atom stereocenters. The average molecular weight is 1440 g/mol. The van der Waals surface area contributed by atoms with E-state index >= 15 is 0 Å². The summed E-state index contributed by atoms with van der Waals surface area (Å²) in [4.78, 5) is 38.2. The van der Waals surface area contributed by atoms with Gasteiger partial charge in [-0.1, -0.05) is 0 Å². The van der Waals surface area contributed by atoms with Gasteiger partial charge in [-0.25, -0.2) is 0 Å². The maximum atomic E-state index is 13.0. The first-order valence-electron chi connectivity index (χ1n) is 31.0. The van der Waals surface area contributed by atoms with E-state index < -0.39 is 316 Å². The van der Waals surface area contributed by atoms with Crippen molar-refractivity contribution in [3.05, 3.63) is 0 Å². The predicted octanol–water partition coefficient (Wildman–Crippen LogP) is -18.4. The van der Waals surface area contributed by atoms with Gasteiger partial charge in [0.2, 0.25) is 17.7 Å². The van der Waals surface area contributed by atoms with Crippen LogP contribution in [0.5, 0.6) is 0 Å². The highest BCUT2D eigenvalue weighted by Crippen LogP contribution is 2.38. The van der Waals surface area contributed by atoms with Gasteiger partial charge in [-0.05, 0) is 0 Å². The molecule has 44 nitrogen and oxygen atoms in total. The van der Waals surface area contributed by atoms with Crippen molar-refractivity contribution >= 4 is 17.7 Å². The van der Waals surface area contributed by atoms with Crippen molar-refractivity contribution in [2.24, 2.45) is 0 Å². The third-order valence-corrected chi connectivity index (χ3v) is 17.5. The molecule has 7 fully saturated rings. The quantitative estimate of drug-likeness (QED) is 0.0331. The zero-order valence-corrected chi connectivity index (χ0v) is 52.6. The Morgan fingerprint density at radius 2 is 0.622 bits per heavy atom. The van der Waals surface area contributed by atoms with Crippen molar-refractivity contribution < 1.29 is 203 Å². The van der Waals surface area contributed by atoms with Gasteiger partial charge in [-0.2, -0.15) is 0 Å². The summed E-state index contributed by atoms with van der Waals surface area (Å²) >= 11 is 0. The number of hydrogen-bond donors (Lipinski definition) is 27. The second-order valence-corrected chi connectivity index (χ2v) is 24.4. The molecule has 0 saturated carbocycles. The standard InChI is InChI=1S/C54H93N3O41/c1-13(66)55-25-33(76)43(94-51-38(81)36(79)29(72)18(6-60)86-51)21(9-63)89-48(25)85-12-24-32(75)47(41(84)54(92-24)93-42(17(70)5-59)28(71)16(69)4-58)98-50-27(57-15(3)68)35(78)45(23(11-65)91-50)96-53-40(83)46(31(74)20(8-62)88-53)97-49-26(56-14(2)67)34(77)44(22(10-64)90-49)95-52-39(82)37(80)30(73)19(7-61)87-52/h16-54,58-65,69-84H,4-12H2,1-3H3,(H,55,66)(H,56,67)(H,57,68)/t16-,17+,18+,19+,20+,21+,22+,23+,24+,25+,26+,27+,28+,29-,30-,31-,32-,33+,34+,35+,36-,37-,38+,39+,40+,41+,42+,43+,44+,45+,46-,47-,48+,49-,50-,51-,52-,53-,54-/m0/s1. The number of rotatable bonds is 29. The third-order valence-electron chi connectivity index (χ3n) is 17.5. The molecule has 0 aliphatic carbocycles. The molecule has 7 aliphatic rings. The third kappa shape index (κ3) is 18.5. The Bertz CT molecular complexity index is 2460. The minimum Gasteiger partial charge on any atom is -0.394 e. The maximum absolute atomic E-state index is 13.0. The average Bonchev–Trinajstić information content (AvgIpc) is 0.785. The molecular formula is C54H93N3O41. The fourth-order valence-corrected chi connectivity index (χ4v) is 12.2. The molecule has 0 aromatic carbocycles. The van der Waals surface area contributed by atoms with Crippen LogP contribution in [0.25, 0.3) is 0 Å². The molecule has 0 bridgehead atoms. The fraction of sp³-hybridized carbons (Fsp3) is 0.944. The maximum Gasteiger partial charge on any atom is 0.217 e. The lowest BCUT2D eigenvalue weighted by Gasteiger charge is -2.51. The van der Waals surface area contributed by atoms with Crippen molar-refractivity contribution in [1.29, 1.82) is 0 Å². The fourth-order valence-electron chi connectivity index (χ4n) is 12.2. The number of carbonyl (C=O) groups excluding carboxylic acids is 3. The van der Waals surface area contributed by atoms with Crippen LogP contribution in [0, 0.1) is 0 Å². The van der Waals surface area contributed by atoms with E-state index in [1.54, 1.807) is 0 Å². The van der Waals surface area contributed by atoms with Crippen LogP contribution in [-0.2, 0) is 80.7 Å². The molecule has 0 aromatic rings. The van der Waals surface area contributed by atoms with Gasteiger partial charge in [0.05, 0.1) is 59.5 Å². The molecular weight excluding hydrogens is 1350 g/mol. The van der Waals surface area contributed by atoms with Gasteiger partial charge < -0.3 is 205 Å². The van der Waals surface area contributed by atoms with Gasteiger partial charge in [-0.15, -0.1) is 0 Å². The molecule has 39 atom stereocenters. The summed E-state index contributed by atoms with van der Waals surface area (Å²) in [5.41, 5.74) is 0. The van der Waals surface area contributed by atoms with Crippen molar-refractivity contribution in [2.45, 2.75) is 260 Å². The summed E-state index contributed by atoms with van der Waals surface area (Å²) < 4.78 is 81.3. The predicted molar refractivity (Wildman–Crippen MR) is 301 cm³/mol. The van der Waals surface area contributed by atoms with E-state index in [1.807, 2.05) is 0 Å². The normalized spacial score (nSPS) is 46.1.